The molecule has 3 rings (SSSR count). The van der Waals surface area contributed by atoms with Crippen LogP contribution in [0.15, 0.2) is 28.2 Å². The minimum atomic E-state index is -1.01. The van der Waals surface area contributed by atoms with Gasteiger partial charge in [-0.3, -0.25) is 4.79 Å². The highest BCUT2D eigenvalue weighted by Gasteiger charge is 2.38. The summed E-state index contributed by atoms with van der Waals surface area (Å²) in [6.07, 6.45) is 2.13. The topological polar surface area (TPSA) is 70.8 Å². The fourth-order valence-electron chi connectivity index (χ4n) is 2.52. The summed E-state index contributed by atoms with van der Waals surface area (Å²) in [6, 6.07) is 2.55. The molecule has 20 heavy (non-hydrogen) atoms. The minimum Gasteiger partial charge on any atom is -0.479 e. The molecule has 1 aliphatic rings. The van der Waals surface area contributed by atoms with Crippen LogP contribution in [0.3, 0.4) is 0 Å². The quantitative estimate of drug-likeness (QED) is 0.922. The van der Waals surface area contributed by atoms with Crippen LogP contribution in [0.2, 0.25) is 0 Å². The molecule has 2 aromatic rings. The number of aryl methyl sites for hydroxylation is 1. The van der Waals surface area contributed by atoms with E-state index in [4.69, 9.17) is 4.42 Å². The molecule has 6 heteroatoms. The van der Waals surface area contributed by atoms with E-state index < -0.39 is 12.0 Å². The van der Waals surface area contributed by atoms with Crippen LogP contribution in [-0.2, 0) is 11.2 Å². The predicted octanol–water partition coefficient (Wildman–Crippen LogP) is 2.47. The summed E-state index contributed by atoms with van der Waals surface area (Å²) in [4.78, 5) is 26.5. The molecule has 1 N–H and O–H groups in total. The number of carbonyl (C=O) groups is 2. The van der Waals surface area contributed by atoms with Crippen molar-refractivity contribution in [1.82, 2.24) is 4.90 Å². The zero-order chi connectivity index (χ0) is 14.3. The summed E-state index contributed by atoms with van der Waals surface area (Å²) in [5.74, 6) is -1.16. The summed E-state index contributed by atoms with van der Waals surface area (Å²) < 4.78 is 5.20. The number of aliphatic carboxylic acids is 1. The first-order chi connectivity index (χ1) is 9.59. The summed E-state index contributed by atoms with van der Waals surface area (Å²) in [5.41, 5.74) is 1.43. The Morgan fingerprint density at radius 3 is 2.90 bits per heavy atom. The summed E-state index contributed by atoms with van der Waals surface area (Å²) in [5, 5.41) is 11.3. The van der Waals surface area contributed by atoms with Crippen molar-refractivity contribution in [2.24, 2.45) is 0 Å². The first-order valence-electron chi connectivity index (χ1n) is 6.23. The van der Waals surface area contributed by atoms with Crippen LogP contribution in [0.1, 0.15) is 32.6 Å². The van der Waals surface area contributed by atoms with Crippen LogP contribution in [-0.4, -0.2) is 28.4 Å². The highest BCUT2D eigenvalue weighted by atomic mass is 32.1. The van der Waals surface area contributed by atoms with E-state index in [1.807, 2.05) is 5.38 Å². The van der Waals surface area contributed by atoms with Crippen LogP contribution in [0.25, 0.3) is 0 Å². The summed E-state index contributed by atoms with van der Waals surface area (Å²) >= 11 is 1.54. The molecule has 0 aromatic carbocycles. The molecule has 0 spiro atoms. The highest BCUT2D eigenvalue weighted by molar-refractivity contribution is 7.10. The molecule has 1 atom stereocenters. The molecule has 0 radical (unpaired) electrons. The van der Waals surface area contributed by atoms with Gasteiger partial charge in [-0.1, -0.05) is 0 Å². The van der Waals surface area contributed by atoms with Crippen molar-refractivity contribution in [2.45, 2.75) is 19.4 Å². The van der Waals surface area contributed by atoms with Gasteiger partial charge < -0.3 is 14.4 Å². The van der Waals surface area contributed by atoms with E-state index >= 15 is 0 Å². The van der Waals surface area contributed by atoms with Gasteiger partial charge >= 0.3 is 5.97 Å². The number of fused-ring (bicyclic) bond motifs is 1. The molecule has 2 aromatic heterocycles. The number of carboxylic acid groups (broad SMARTS) is 1. The van der Waals surface area contributed by atoms with E-state index in [0.717, 1.165) is 10.4 Å². The van der Waals surface area contributed by atoms with Gasteiger partial charge in [0.05, 0.1) is 6.26 Å². The second-order valence-corrected chi connectivity index (χ2v) is 5.72. The normalized spacial score (nSPS) is 17.9. The number of nitrogens with zero attached hydrogens (tertiary/aromatic N) is 1. The molecule has 1 unspecified atom stereocenters. The third-order valence-electron chi connectivity index (χ3n) is 3.52. The lowest BCUT2D eigenvalue weighted by Crippen LogP contribution is -2.43. The van der Waals surface area contributed by atoms with E-state index in [1.165, 1.54) is 22.5 Å². The largest absolute Gasteiger partial charge is 0.479 e. The van der Waals surface area contributed by atoms with E-state index in [9.17, 15) is 14.7 Å². The van der Waals surface area contributed by atoms with Crippen molar-refractivity contribution in [2.75, 3.05) is 6.54 Å². The Morgan fingerprint density at radius 1 is 1.45 bits per heavy atom. The number of furan rings is 1. The highest BCUT2D eigenvalue weighted by Crippen LogP contribution is 2.34. The number of carboxylic acids is 1. The Hall–Kier alpha value is -2.08. The molecule has 0 aliphatic carbocycles. The summed E-state index contributed by atoms with van der Waals surface area (Å²) in [7, 11) is 0. The predicted molar refractivity (Wildman–Crippen MR) is 72.9 cm³/mol. The van der Waals surface area contributed by atoms with Crippen molar-refractivity contribution < 1.29 is 19.1 Å². The first-order valence-corrected chi connectivity index (χ1v) is 7.11. The molecule has 104 valence electrons. The number of hydrogen-bond donors (Lipinski definition) is 1. The van der Waals surface area contributed by atoms with E-state index in [2.05, 4.69) is 0 Å². The lowest BCUT2D eigenvalue weighted by atomic mass is 9.99. The molecule has 3 heterocycles. The van der Waals surface area contributed by atoms with Gasteiger partial charge in [-0.25, -0.2) is 4.79 Å². The average Bonchev–Trinajstić information content (AvgIpc) is 3.04. The van der Waals surface area contributed by atoms with E-state index in [1.54, 1.807) is 19.1 Å². The smallest absolute Gasteiger partial charge is 0.331 e. The van der Waals surface area contributed by atoms with Gasteiger partial charge in [-0.2, -0.15) is 0 Å². The number of amides is 1. The zero-order valence-corrected chi connectivity index (χ0v) is 11.6. The van der Waals surface area contributed by atoms with Crippen LogP contribution < -0.4 is 0 Å². The first kappa shape index (κ1) is 12.9. The molecule has 5 nitrogen and oxygen atoms in total. The Balaban J connectivity index is 2.00. The maximum absolute atomic E-state index is 12.5. The van der Waals surface area contributed by atoms with E-state index in [-0.39, 0.29) is 11.7 Å². The molecule has 1 aliphatic heterocycles. The third-order valence-corrected chi connectivity index (χ3v) is 4.51. The van der Waals surface area contributed by atoms with Gasteiger partial charge in [-0.15, -0.1) is 11.3 Å². The fraction of sp³-hybridized carbons (Fsp3) is 0.286. The van der Waals surface area contributed by atoms with Gasteiger partial charge in [0.25, 0.3) is 5.91 Å². The second-order valence-electron chi connectivity index (χ2n) is 4.72. The van der Waals surface area contributed by atoms with Gasteiger partial charge in [0.2, 0.25) is 0 Å². The SMILES string of the molecule is Cc1ccoc1C(=O)N1CCc2sccc2C1C(=O)O. The van der Waals surface area contributed by atoms with Crippen LogP contribution >= 0.6 is 11.3 Å². The van der Waals surface area contributed by atoms with Crippen LogP contribution in [0, 0.1) is 6.92 Å². The molecular formula is C14H13NO4S. The van der Waals surface area contributed by atoms with Gasteiger partial charge in [0.15, 0.2) is 11.8 Å². The van der Waals surface area contributed by atoms with Crippen molar-refractivity contribution in [3.8, 4) is 0 Å². The Bertz CT molecular complexity index is 672. The number of carbonyl (C=O) groups excluding carboxylic acids is 1. The molecular weight excluding hydrogens is 278 g/mol. The van der Waals surface area contributed by atoms with Crippen molar-refractivity contribution >= 4 is 23.2 Å². The fourth-order valence-corrected chi connectivity index (χ4v) is 3.43. The van der Waals surface area contributed by atoms with Gasteiger partial charge in [0.1, 0.15) is 0 Å². The lowest BCUT2D eigenvalue weighted by molar-refractivity contribution is -0.143. The number of hydrogen-bond acceptors (Lipinski definition) is 4. The Labute approximate surface area is 119 Å². The van der Waals surface area contributed by atoms with Crippen molar-refractivity contribution in [3.05, 3.63) is 45.5 Å². The monoisotopic (exact) mass is 291 g/mol. The van der Waals surface area contributed by atoms with Crippen molar-refractivity contribution in [3.63, 3.8) is 0 Å². The minimum absolute atomic E-state index is 0.218. The Morgan fingerprint density at radius 2 is 2.25 bits per heavy atom. The summed E-state index contributed by atoms with van der Waals surface area (Å²) in [6.45, 7) is 2.16. The van der Waals surface area contributed by atoms with Crippen molar-refractivity contribution in [1.29, 1.82) is 0 Å². The third kappa shape index (κ3) is 1.92. The molecule has 1 amide bonds. The van der Waals surface area contributed by atoms with Gasteiger partial charge in [0, 0.05) is 17.0 Å². The maximum Gasteiger partial charge on any atom is 0.331 e. The van der Waals surface area contributed by atoms with Gasteiger partial charge in [-0.05, 0) is 36.4 Å². The number of rotatable bonds is 2. The lowest BCUT2D eigenvalue weighted by Gasteiger charge is -2.32. The molecule has 0 saturated heterocycles. The Kier molecular flexibility index (Phi) is 3.10. The second kappa shape index (κ2) is 4.79. The zero-order valence-electron chi connectivity index (χ0n) is 10.8. The molecule has 0 bridgehead atoms. The van der Waals surface area contributed by atoms with Crippen LogP contribution in [0.5, 0.6) is 0 Å². The molecule has 0 fully saturated rings. The average molecular weight is 291 g/mol. The van der Waals surface area contributed by atoms with E-state index in [0.29, 0.717) is 18.5 Å². The standard InChI is InChI=1S/C14H13NO4S/c1-8-3-6-19-12(8)13(16)15-5-2-10-9(4-7-20-10)11(15)14(17)18/h3-4,6-7,11H,2,5H2,1H3,(H,17,18). The number of thiophene rings is 1. The maximum atomic E-state index is 12.5. The molecule has 0 saturated carbocycles. The van der Waals surface area contributed by atoms with Crippen LogP contribution in [0.4, 0.5) is 0 Å².